The fourth-order valence-electron chi connectivity index (χ4n) is 3.26. The molecule has 1 spiro atoms. The van der Waals surface area contributed by atoms with E-state index in [1.165, 1.54) is 0 Å². The number of carbonyl (C=O) groups is 2. The van der Waals surface area contributed by atoms with Crippen LogP contribution >= 0.6 is 0 Å². The van der Waals surface area contributed by atoms with Crippen LogP contribution in [-0.4, -0.2) is 50.6 Å². The van der Waals surface area contributed by atoms with Gasteiger partial charge in [0.1, 0.15) is 12.2 Å². The van der Waals surface area contributed by atoms with Gasteiger partial charge in [-0.15, -0.1) is 0 Å². The average molecular weight is 264 g/mol. The van der Waals surface area contributed by atoms with Gasteiger partial charge in [0.05, 0.1) is 12.0 Å². The van der Waals surface area contributed by atoms with Crippen molar-refractivity contribution < 1.29 is 19.1 Å². The number of ether oxygens (including phenoxy) is 2. The summed E-state index contributed by atoms with van der Waals surface area (Å²) in [7, 11) is 0. The molecule has 3 aliphatic heterocycles. The van der Waals surface area contributed by atoms with Crippen molar-refractivity contribution in [2.24, 2.45) is 0 Å². The van der Waals surface area contributed by atoms with Gasteiger partial charge in [0.2, 0.25) is 0 Å². The Labute approximate surface area is 108 Å². The van der Waals surface area contributed by atoms with E-state index >= 15 is 0 Å². The zero-order valence-corrected chi connectivity index (χ0v) is 10.3. The third kappa shape index (κ3) is 1.26. The fraction of sp³-hybridized carbons (Fsp3) is 0.636. The van der Waals surface area contributed by atoms with Crippen LogP contribution in [0.3, 0.4) is 0 Å². The minimum atomic E-state index is -1.23. The van der Waals surface area contributed by atoms with Gasteiger partial charge in [-0.1, -0.05) is 0 Å². The summed E-state index contributed by atoms with van der Waals surface area (Å²) < 4.78 is 12.1. The lowest BCUT2D eigenvalue weighted by atomic mass is 9.94. The highest BCUT2D eigenvalue weighted by Crippen LogP contribution is 2.50. The molecule has 3 fully saturated rings. The van der Waals surface area contributed by atoms with Crippen LogP contribution in [0.25, 0.3) is 0 Å². The van der Waals surface area contributed by atoms with Crippen molar-refractivity contribution in [3.63, 3.8) is 0 Å². The standard InChI is InChI=1S/C11H12N4O4/c1-7-12-6-15(13-7)10-2-3-14(5-10)11(4-10)18-8(16)9(17)19-11/h6H,2-5H2,1H3. The van der Waals surface area contributed by atoms with Gasteiger partial charge in [-0.2, -0.15) is 5.10 Å². The van der Waals surface area contributed by atoms with E-state index in [0.717, 1.165) is 6.42 Å². The van der Waals surface area contributed by atoms with Crippen molar-refractivity contribution in [3.8, 4) is 0 Å². The quantitative estimate of drug-likeness (QED) is 0.482. The molecule has 1 aromatic rings. The van der Waals surface area contributed by atoms with E-state index in [0.29, 0.717) is 25.3 Å². The Bertz CT molecular complexity index is 581. The maximum Gasteiger partial charge on any atom is 0.421 e. The molecular weight excluding hydrogens is 252 g/mol. The van der Waals surface area contributed by atoms with Gasteiger partial charge in [0.25, 0.3) is 0 Å². The van der Waals surface area contributed by atoms with Gasteiger partial charge in [-0.3, -0.25) is 0 Å². The Balaban J connectivity index is 1.72. The molecule has 0 N–H and O–H groups in total. The molecule has 2 unspecified atom stereocenters. The van der Waals surface area contributed by atoms with Crippen LogP contribution in [-0.2, 0) is 24.6 Å². The van der Waals surface area contributed by atoms with E-state index in [1.54, 1.807) is 11.0 Å². The Kier molecular flexibility index (Phi) is 1.80. The predicted octanol–water partition coefficient (Wildman–Crippen LogP) is -0.855. The van der Waals surface area contributed by atoms with Crippen molar-refractivity contribution in [2.75, 3.05) is 13.1 Å². The number of nitrogens with zero attached hydrogens (tertiary/aromatic N) is 4. The lowest BCUT2D eigenvalue weighted by molar-refractivity contribution is -0.241. The van der Waals surface area contributed by atoms with E-state index in [1.807, 2.05) is 11.8 Å². The third-order valence-corrected chi connectivity index (χ3v) is 4.13. The lowest BCUT2D eigenvalue weighted by Gasteiger charge is -2.34. The molecule has 3 aliphatic rings. The molecule has 0 aliphatic carbocycles. The first-order chi connectivity index (χ1) is 9.03. The molecule has 2 atom stereocenters. The Morgan fingerprint density at radius 1 is 1.32 bits per heavy atom. The summed E-state index contributed by atoms with van der Waals surface area (Å²) in [6.07, 6.45) is 2.95. The molecule has 0 radical (unpaired) electrons. The molecule has 8 heteroatoms. The second-order valence-corrected chi connectivity index (χ2v) is 5.30. The minimum Gasteiger partial charge on any atom is -0.400 e. The first-order valence-electron chi connectivity index (χ1n) is 6.13. The van der Waals surface area contributed by atoms with Crippen LogP contribution in [0.5, 0.6) is 0 Å². The maximum atomic E-state index is 11.3. The smallest absolute Gasteiger partial charge is 0.400 e. The SMILES string of the molecule is Cc1ncn(C23CCN(C2)C2(C3)OC(=O)C(=O)O2)n1. The Morgan fingerprint density at radius 2 is 2.05 bits per heavy atom. The zero-order valence-electron chi connectivity index (χ0n) is 10.3. The normalized spacial score (nSPS) is 34.9. The molecule has 2 bridgehead atoms. The van der Waals surface area contributed by atoms with Crippen LogP contribution in [0.15, 0.2) is 6.33 Å². The number of aryl methyl sites for hydroxylation is 1. The molecule has 8 nitrogen and oxygen atoms in total. The molecule has 4 heterocycles. The van der Waals surface area contributed by atoms with Crippen LogP contribution in [0, 0.1) is 6.92 Å². The van der Waals surface area contributed by atoms with E-state index in [4.69, 9.17) is 9.47 Å². The van der Waals surface area contributed by atoms with Gasteiger partial charge < -0.3 is 9.47 Å². The van der Waals surface area contributed by atoms with Gasteiger partial charge in [0.15, 0.2) is 0 Å². The van der Waals surface area contributed by atoms with Gasteiger partial charge >= 0.3 is 17.8 Å². The van der Waals surface area contributed by atoms with Crippen molar-refractivity contribution in [1.29, 1.82) is 0 Å². The topological polar surface area (TPSA) is 86.6 Å². The highest BCUT2D eigenvalue weighted by molar-refractivity contribution is 6.31. The highest BCUT2D eigenvalue weighted by Gasteiger charge is 2.67. The van der Waals surface area contributed by atoms with Crippen molar-refractivity contribution in [2.45, 2.75) is 31.2 Å². The number of esters is 2. The zero-order chi connectivity index (χ0) is 13.3. The Hall–Kier alpha value is -1.96. The summed E-state index contributed by atoms with van der Waals surface area (Å²) in [6, 6.07) is 0. The number of fused-ring (bicyclic) bond motifs is 3. The van der Waals surface area contributed by atoms with Crippen LogP contribution < -0.4 is 0 Å². The average Bonchev–Trinajstić information content (AvgIpc) is 3.06. The van der Waals surface area contributed by atoms with Gasteiger partial charge in [0, 0.05) is 13.1 Å². The van der Waals surface area contributed by atoms with Crippen molar-refractivity contribution >= 4 is 11.9 Å². The molecule has 0 saturated carbocycles. The Morgan fingerprint density at radius 3 is 2.68 bits per heavy atom. The predicted molar refractivity (Wildman–Crippen MR) is 58.5 cm³/mol. The summed E-state index contributed by atoms with van der Waals surface area (Å²) in [4.78, 5) is 28.6. The van der Waals surface area contributed by atoms with Crippen molar-refractivity contribution in [3.05, 3.63) is 12.2 Å². The lowest BCUT2D eigenvalue weighted by Crippen LogP contribution is -2.47. The second kappa shape index (κ2) is 3.13. The molecule has 100 valence electrons. The molecule has 3 saturated heterocycles. The summed E-state index contributed by atoms with van der Waals surface area (Å²) in [5.41, 5.74) is -0.313. The molecule has 0 aromatic carbocycles. The van der Waals surface area contributed by atoms with Crippen LogP contribution in [0.4, 0.5) is 0 Å². The summed E-state index contributed by atoms with van der Waals surface area (Å²) in [5, 5.41) is 4.35. The largest absolute Gasteiger partial charge is 0.421 e. The first kappa shape index (κ1) is 10.9. The van der Waals surface area contributed by atoms with E-state index < -0.39 is 17.8 Å². The highest BCUT2D eigenvalue weighted by atomic mass is 16.8. The van der Waals surface area contributed by atoms with E-state index in [-0.39, 0.29) is 5.54 Å². The third-order valence-electron chi connectivity index (χ3n) is 4.13. The summed E-state index contributed by atoms with van der Waals surface area (Å²) in [5.74, 6) is -2.38. The summed E-state index contributed by atoms with van der Waals surface area (Å²) in [6.45, 7) is 3.15. The van der Waals surface area contributed by atoms with E-state index in [2.05, 4.69) is 10.1 Å². The van der Waals surface area contributed by atoms with Gasteiger partial charge in [-0.05, 0) is 13.3 Å². The molecule has 0 amide bonds. The molecule has 19 heavy (non-hydrogen) atoms. The monoisotopic (exact) mass is 264 g/mol. The molecule has 1 aromatic heterocycles. The number of hydrogen-bond acceptors (Lipinski definition) is 7. The van der Waals surface area contributed by atoms with Crippen LogP contribution in [0.2, 0.25) is 0 Å². The fourth-order valence-corrected chi connectivity index (χ4v) is 3.26. The van der Waals surface area contributed by atoms with Crippen molar-refractivity contribution in [1.82, 2.24) is 19.7 Å². The minimum absolute atomic E-state index is 0.313. The molecule has 4 rings (SSSR count). The number of hydrogen-bond donors (Lipinski definition) is 0. The molecular formula is C11H12N4O4. The van der Waals surface area contributed by atoms with E-state index in [9.17, 15) is 9.59 Å². The maximum absolute atomic E-state index is 11.3. The number of piperidine rings is 1. The number of rotatable bonds is 1. The van der Waals surface area contributed by atoms with Crippen LogP contribution in [0.1, 0.15) is 18.7 Å². The summed E-state index contributed by atoms with van der Waals surface area (Å²) >= 11 is 0. The van der Waals surface area contributed by atoms with Gasteiger partial charge in [-0.25, -0.2) is 24.2 Å². The number of carbonyl (C=O) groups excluding carboxylic acids is 2. The first-order valence-corrected chi connectivity index (χ1v) is 6.13. The number of aromatic nitrogens is 3. The second-order valence-electron chi connectivity index (χ2n) is 5.30.